The van der Waals surface area contributed by atoms with Gasteiger partial charge in [-0.15, -0.1) is 0 Å². The number of rotatable bonds is 7. The van der Waals surface area contributed by atoms with E-state index in [1.54, 1.807) is 0 Å². The topological polar surface area (TPSA) is 83.5 Å². The molecule has 92 valence electrons. The zero-order chi connectivity index (χ0) is 12.0. The summed E-state index contributed by atoms with van der Waals surface area (Å²) in [5, 5.41) is 20.9. The molecule has 0 radical (unpaired) electrons. The molecule has 18 heavy (non-hydrogen) atoms. The quantitative estimate of drug-likeness (QED) is 0.261. The fraction of sp³-hybridized carbons (Fsp3) is 0.818. The van der Waals surface area contributed by atoms with Crippen molar-refractivity contribution >= 4 is 11.9 Å². The first-order chi connectivity index (χ1) is 7.61. The molecular formula is C11H17NNa2O4. The second-order valence-corrected chi connectivity index (χ2v) is 4.24. The average molecular weight is 273 g/mol. The third-order valence-electron chi connectivity index (χ3n) is 2.98. The van der Waals surface area contributed by atoms with E-state index in [2.05, 4.69) is 4.90 Å². The van der Waals surface area contributed by atoms with Crippen LogP contribution < -0.4 is 69.3 Å². The molecule has 0 aromatic heterocycles. The van der Waals surface area contributed by atoms with Gasteiger partial charge >= 0.3 is 59.1 Å². The van der Waals surface area contributed by atoms with Crippen molar-refractivity contribution in [2.24, 2.45) is 5.92 Å². The summed E-state index contributed by atoms with van der Waals surface area (Å²) < 4.78 is 0. The van der Waals surface area contributed by atoms with Crippen molar-refractivity contribution < 1.29 is 78.9 Å². The minimum Gasteiger partial charge on any atom is -0.549 e. The van der Waals surface area contributed by atoms with Gasteiger partial charge in [0.25, 0.3) is 0 Å². The van der Waals surface area contributed by atoms with Crippen LogP contribution in [0.1, 0.15) is 32.1 Å². The first-order valence-electron chi connectivity index (χ1n) is 5.75. The Morgan fingerprint density at radius 3 is 1.94 bits per heavy atom. The Balaban J connectivity index is 0. The van der Waals surface area contributed by atoms with Gasteiger partial charge in [-0.1, -0.05) is 6.42 Å². The Labute approximate surface area is 152 Å². The number of carbonyl (C=O) groups is 2. The number of likely N-dealkylation sites (tertiary alicyclic amines) is 1. The summed E-state index contributed by atoms with van der Waals surface area (Å²) in [5.41, 5.74) is 0. The predicted octanol–water partition coefficient (Wildman–Crippen LogP) is -7.62. The van der Waals surface area contributed by atoms with Crippen molar-refractivity contribution in [1.82, 2.24) is 4.90 Å². The fourth-order valence-corrected chi connectivity index (χ4v) is 2.02. The van der Waals surface area contributed by atoms with Gasteiger partial charge in [0.15, 0.2) is 0 Å². The fourth-order valence-electron chi connectivity index (χ4n) is 2.02. The molecule has 1 aliphatic heterocycles. The van der Waals surface area contributed by atoms with E-state index >= 15 is 0 Å². The van der Waals surface area contributed by atoms with Crippen molar-refractivity contribution in [3.05, 3.63) is 0 Å². The van der Waals surface area contributed by atoms with Crippen LogP contribution >= 0.6 is 0 Å². The summed E-state index contributed by atoms with van der Waals surface area (Å²) in [6.45, 7) is 3.13. The molecule has 1 heterocycles. The molecule has 0 aliphatic carbocycles. The SMILES string of the molecule is O=C([O-])C(CCCCN1CCCC1)C(=O)[O-].[Na+].[Na+]. The van der Waals surface area contributed by atoms with E-state index in [1.807, 2.05) is 0 Å². The van der Waals surface area contributed by atoms with Gasteiger partial charge in [-0.3, -0.25) is 0 Å². The normalized spacial score (nSPS) is 14.9. The van der Waals surface area contributed by atoms with Crippen LogP contribution in [0.5, 0.6) is 0 Å². The first kappa shape index (κ1) is 21.2. The number of carbonyl (C=O) groups excluding carboxylic acids is 2. The van der Waals surface area contributed by atoms with E-state index in [0.29, 0.717) is 6.42 Å². The minimum atomic E-state index is -1.54. The number of hydrogen-bond acceptors (Lipinski definition) is 5. The van der Waals surface area contributed by atoms with Gasteiger partial charge in [-0.25, -0.2) is 0 Å². The molecule has 1 fully saturated rings. The Kier molecular flexibility index (Phi) is 13.8. The standard InChI is InChI=1S/C11H19NO4.2Na/c13-10(14)9(11(15)16)5-1-2-6-12-7-3-4-8-12;;/h9H,1-8H2,(H,13,14)(H,15,16);;/q;2*+1/p-2. The summed E-state index contributed by atoms with van der Waals surface area (Å²) in [5.74, 6) is -4.54. The van der Waals surface area contributed by atoms with Crippen LogP contribution in [-0.4, -0.2) is 36.5 Å². The van der Waals surface area contributed by atoms with Crippen LogP contribution in [0.2, 0.25) is 0 Å². The van der Waals surface area contributed by atoms with Crippen LogP contribution in [0.25, 0.3) is 0 Å². The van der Waals surface area contributed by atoms with Gasteiger partial charge in [0, 0.05) is 5.92 Å². The second-order valence-electron chi connectivity index (χ2n) is 4.24. The van der Waals surface area contributed by atoms with Crippen molar-refractivity contribution in [3.8, 4) is 0 Å². The number of nitrogens with zero attached hydrogens (tertiary/aromatic N) is 1. The maximum Gasteiger partial charge on any atom is 1.00 e. The Hall–Kier alpha value is 0.900. The zero-order valence-corrected chi connectivity index (χ0v) is 15.3. The molecule has 5 nitrogen and oxygen atoms in total. The van der Waals surface area contributed by atoms with Crippen LogP contribution in [-0.2, 0) is 9.59 Å². The van der Waals surface area contributed by atoms with Gasteiger partial charge in [0.05, 0.1) is 11.9 Å². The monoisotopic (exact) mass is 273 g/mol. The molecule has 0 bridgehead atoms. The van der Waals surface area contributed by atoms with Gasteiger partial charge in [0.2, 0.25) is 0 Å². The van der Waals surface area contributed by atoms with E-state index in [-0.39, 0.29) is 65.5 Å². The summed E-state index contributed by atoms with van der Waals surface area (Å²) in [7, 11) is 0. The first-order valence-corrected chi connectivity index (χ1v) is 5.75. The molecular weight excluding hydrogens is 256 g/mol. The van der Waals surface area contributed by atoms with Crippen molar-refractivity contribution in [3.63, 3.8) is 0 Å². The molecule has 7 heteroatoms. The number of carboxylic acid groups (broad SMARTS) is 2. The molecule has 1 saturated heterocycles. The van der Waals surface area contributed by atoms with E-state index in [4.69, 9.17) is 0 Å². The minimum absolute atomic E-state index is 0. The number of unbranched alkanes of at least 4 members (excludes halogenated alkanes) is 1. The Morgan fingerprint density at radius 2 is 1.50 bits per heavy atom. The maximum absolute atomic E-state index is 10.4. The summed E-state index contributed by atoms with van der Waals surface area (Å²) >= 11 is 0. The zero-order valence-electron chi connectivity index (χ0n) is 11.3. The van der Waals surface area contributed by atoms with E-state index in [1.165, 1.54) is 12.8 Å². The van der Waals surface area contributed by atoms with Gasteiger partial charge < -0.3 is 24.7 Å². The summed E-state index contributed by atoms with van der Waals surface area (Å²) in [4.78, 5) is 23.2. The van der Waals surface area contributed by atoms with Gasteiger partial charge in [-0.2, -0.15) is 0 Å². The largest absolute Gasteiger partial charge is 1.00 e. The summed E-state index contributed by atoms with van der Waals surface area (Å²) in [6, 6.07) is 0. The predicted molar refractivity (Wildman–Crippen MR) is 53.0 cm³/mol. The molecule has 0 N–H and O–H groups in total. The van der Waals surface area contributed by atoms with Crippen LogP contribution in [0.15, 0.2) is 0 Å². The number of aliphatic carboxylic acids is 2. The molecule has 0 spiro atoms. The van der Waals surface area contributed by atoms with Gasteiger partial charge in [-0.05, 0) is 45.3 Å². The smallest absolute Gasteiger partial charge is 0.549 e. The number of hydrogen-bond donors (Lipinski definition) is 0. The molecule has 1 rings (SSSR count). The van der Waals surface area contributed by atoms with Crippen molar-refractivity contribution in [2.45, 2.75) is 32.1 Å². The van der Waals surface area contributed by atoms with Crippen LogP contribution in [0.3, 0.4) is 0 Å². The molecule has 0 unspecified atom stereocenters. The van der Waals surface area contributed by atoms with E-state index < -0.39 is 17.9 Å². The third kappa shape index (κ3) is 8.15. The van der Waals surface area contributed by atoms with Crippen molar-refractivity contribution in [2.75, 3.05) is 19.6 Å². The third-order valence-corrected chi connectivity index (χ3v) is 2.98. The Morgan fingerprint density at radius 1 is 1.00 bits per heavy atom. The van der Waals surface area contributed by atoms with Crippen LogP contribution in [0, 0.1) is 5.92 Å². The molecule has 0 saturated carbocycles. The summed E-state index contributed by atoms with van der Waals surface area (Å²) in [6.07, 6.45) is 3.97. The molecule has 0 aromatic carbocycles. The van der Waals surface area contributed by atoms with Crippen LogP contribution in [0.4, 0.5) is 0 Å². The molecule has 0 aromatic rings. The molecule has 0 amide bonds. The second kappa shape index (κ2) is 11.7. The average Bonchev–Trinajstić information content (AvgIpc) is 2.68. The van der Waals surface area contributed by atoms with Gasteiger partial charge in [0.1, 0.15) is 0 Å². The Bertz CT molecular complexity index is 243. The number of carboxylic acids is 2. The van der Waals surface area contributed by atoms with E-state index in [0.717, 1.165) is 26.1 Å². The van der Waals surface area contributed by atoms with Crippen molar-refractivity contribution in [1.29, 1.82) is 0 Å². The molecule has 1 aliphatic rings. The molecule has 0 atom stereocenters. The van der Waals surface area contributed by atoms with E-state index in [9.17, 15) is 19.8 Å². The maximum atomic E-state index is 10.4.